The van der Waals surface area contributed by atoms with E-state index in [-0.39, 0.29) is 12.0 Å². The first kappa shape index (κ1) is 27.9. The molecule has 0 amide bonds. The van der Waals surface area contributed by atoms with Crippen molar-refractivity contribution in [3.05, 3.63) is 193 Å². The number of fused-ring (bicyclic) bond motifs is 6. The molecule has 0 fully saturated rings. The van der Waals surface area contributed by atoms with Crippen LogP contribution >= 0.6 is 0 Å². The van der Waals surface area contributed by atoms with Crippen molar-refractivity contribution in [2.24, 2.45) is 0 Å². The third-order valence-corrected chi connectivity index (χ3v) is 10.4. The third-order valence-electron chi connectivity index (χ3n) is 10.4. The molecule has 0 radical (unpaired) electrons. The monoisotopic (exact) mass is 624 g/mol. The van der Waals surface area contributed by atoms with Crippen molar-refractivity contribution in [1.82, 2.24) is 0 Å². The molecule has 0 saturated heterocycles. The Hall–Kier alpha value is -6.18. The van der Waals surface area contributed by atoms with Crippen molar-refractivity contribution in [3.63, 3.8) is 0 Å². The molecule has 2 aliphatic rings. The van der Waals surface area contributed by atoms with E-state index in [0.29, 0.717) is 0 Å². The van der Waals surface area contributed by atoms with Crippen molar-refractivity contribution < 1.29 is 4.74 Å². The van der Waals surface area contributed by atoms with Gasteiger partial charge in [0, 0.05) is 17.1 Å². The zero-order chi connectivity index (χ0) is 32.3. The molecule has 8 aromatic carbocycles. The van der Waals surface area contributed by atoms with Crippen molar-refractivity contribution >= 4 is 37.9 Å². The number of rotatable bonds is 4. The number of ether oxygens (including phenoxy) is 1. The summed E-state index contributed by atoms with van der Waals surface area (Å²) in [5.74, 6) is 1.24. The lowest BCUT2D eigenvalue weighted by atomic mass is 9.83. The Morgan fingerprint density at radius 2 is 0.980 bits per heavy atom. The zero-order valence-electron chi connectivity index (χ0n) is 26.9. The van der Waals surface area contributed by atoms with Crippen LogP contribution in [0.5, 0.6) is 5.75 Å². The molecule has 230 valence electrons. The van der Waals surface area contributed by atoms with Gasteiger partial charge in [-0.15, -0.1) is 0 Å². The van der Waals surface area contributed by atoms with E-state index in [4.69, 9.17) is 4.74 Å². The Balaban J connectivity index is 1.09. The van der Waals surface area contributed by atoms with Gasteiger partial charge in [-0.05, 0) is 89.5 Å². The normalized spacial score (nSPS) is 16.4. The van der Waals surface area contributed by atoms with Crippen LogP contribution in [0.15, 0.2) is 182 Å². The van der Waals surface area contributed by atoms with Crippen LogP contribution < -0.4 is 4.74 Å². The standard InChI is InChI=1S/C48H32O/c1-2-12-34-29-36(28-23-31(34)11-1)35-13-9-14-37(30-35)47-42-18-5-3-16-40(42)46(41-17-4-6-19-43(41)47)33-26-24-32(25-27-33)38-20-10-21-44-39-15-7-8-22-45(39)49-48(38)44/h1-30,44,48H. The first-order chi connectivity index (χ1) is 24.3. The first-order valence-electron chi connectivity index (χ1n) is 17.1. The molecule has 1 aliphatic heterocycles. The van der Waals surface area contributed by atoms with Gasteiger partial charge in [-0.2, -0.15) is 0 Å². The van der Waals surface area contributed by atoms with Crippen LogP contribution in [0.1, 0.15) is 17.0 Å². The van der Waals surface area contributed by atoms with E-state index < -0.39 is 0 Å². The number of allylic oxidation sites excluding steroid dienone is 2. The van der Waals surface area contributed by atoms with Crippen molar-refractivity contribution in [1.29, 1.82) is 0 Å². The number of benzene rings is 8. The molecule has 49 heavy (non-hydrogen) atoms. The lowest BCUT2D eigenvalue weighted by Gasteiger charge is -2.23. The van der Waals surface area contributed by atoms with Gasteiger partial charge in [-0.25, -0.2) is 0 Å². The third kappa shape index (κ3) is 4.54. The fourth-order valence-corrected chi connectivity index (χ4v) is 8.14. The molecule has 0 saturated carbocycles. The summed E-state index contributed by atoms with van der Waals surface area (Å²) < 4.78 is 6.50. The van der Waals surface area contributed by atoms with E-state index in [2.05, 4.69) is 182 Å². The Kier molecular flexibility index (Phi) is 6.38. The lowest BCUT2D eigenvalue weighted by molar-refractivity contribution is 0.278. The van der Waals surface area contributed by atoms with Crippen molar-refractivity contribution in [3.8, 4) is 39.1 Å². The zero-order valence-corrected chi connectivity index (χ0v) is 26.9. The van der Waals surface area contributed by atoms with Gasteiger partial charge in [-0.1, -0.05) is 164 Å². The summed E-state index contributed by atoms with van der Waals surface area (Å²) in [4.78, 5) is 0. The number of hydrogen-bond acceptors (Lipinski definition) is 1. The molecule has 8 aromatic rings. The average Bonchev–Trinajstić information content (AvgIpc) is 3.56. The maximum absolute atomic E-state index is 6.50. The summed E-state index contributed by atoms with van der Waals surface area (Å²) in [5.41, 5.74) is 11.1. The minimum atomic E-state index is -0.000403. The highest BCUT2D eigenvalue weighted by Gasteiger charge is 2.36. The molecule has 1 heterocycles. The Labute approximate surface area is 286 Å². The molecule has 0 bridgehead atoms. The van der Waals surface area contributed by atoms with Gasteiger partial charge in [0.15, 0.2) is 0 Å². The molecule has 1 aliphatic carbocycles. The fraction of sp³-hybridized carbons (Fsp3) is 0.0417. The molecule has 10 rings (SSSR count). The van der Waals surface area contributed by atoms with Crippen LogP contribution in [0, 0.1) is 0 Å². The van der Waals surface area contributed by atoms with Crippen LogP contribution in [0.4, 0.5) is 0 Å². The molecule has 0 aromatic heterocycles. The predicted molar refractivity (Wildman–Crippen MR) is 206 cm³/mol. The minimum Gasteiger partial charge on any atom is -0.484 e. The van der Waals surface area contributed by atoms with Crippen LogP contribution in [0.3, 0.4) is 0 Å². The van der Waals surface area contributed by atoms with Crippen LogP contribution in [-0.4, -0.2) is 6.10 Å². The Morgan fingerprint density at radius 3 is 1.73 bits per heavy atom. The lowest BCUT2D eigenvalue weighted by Crippen LogP contribution is -2.21. The van der Waals surface area contributed by atoms with Gasteiger partial charge < -0.3 is 4.74 Å². The molecular weight excluding hydrogens is 593 g/mol. The summed E-state index contributed by atoms with van der Waals surface area (Å²) in [6, 6.07) is 59.7. The molecule has 1 nitrogen and oxygen atoms in total. The number of hydrogen-bond donors (Lipinski definition) is 0. The minimum absolute atomic E-state index is 0.000403. The van der Waals surface area contributed by atoms with E-state index in [1.807, 2.05) is 0 Å². The summed E-state index contributed by atoms with van der Waals surface area (Å²) in [7, 11) is 0. The fourth-order valence-electron chi connectivity index (χ4n) is 8.14. The summed E-state index contributed by atoms with van der Waals surface area (Å²) in [6.07, 6.45) is 6.67. The summed E-state index contributed by atoms with van der Waals surface area (Å²) in [5, 5.41) is 7.56. The van der Waals surface area contributed by atoms with Crippen molar-refractivity contribution in [2.45, 2.75) is 12.0 Å². The molecule has 0 N–H and O–H groups in total. The van der Waals surface area contributed by atoms with E-state index in [9.17, 15) is 0 Å². The highest BCUT2D eigenvalue weighted by atomic mass is 16.5. The Bertz CT molecular complexity index is 2580. The average molecular weight is 625 g/mol. The van der Waals surface area contributed by atoms with E-state index in [1.165, 1.54) is 82.4 Å². The second-order valence-corrected chi connectivity index (χ2v) is 13.2. The second kappa shape index (κ2) is 11.2. The van der Waals surface area contributed by atoms with Crippen LogP contribution in [-0.2, 0) is 0 Å². The van der Waals surface area contributed by atoms with Crippen LogP contribution in [0.2, 0.25) is 0 Å². The number of para-hydroxylation sites is 1. The topological polar surface area (TPSA) is 9.23 Å². The highest BCUT2D eigenvalue weighted by molar-refractivity contribution is 6.21. The van der Waals surface area contributed by atoms with E-state index in [0.717, 1.165) is 5.75 Å². The van der Waals surface area contributed by atoms with Crippen LogP contribution in [0.25, 0.3) is 71.3 Å². The summed E-state index contributed by atoms with van der Waals surface area (Å²) in [6.45, 7) is 0. The largest absolute Gasteiger partial charge is 0.484 e. The molecule has 2 atom stereocenters. The molecular formula is C48H32O. The Morgan fingerprint density at radius 1 is 0.408 bits per heavy atom. The predicted octanol–water partition coefficient (Wildman–Crippen LogP) is 12.6. The SMILES string of the molecule is C1=CC2c3ccccc3OC2C(c2ccc(-c3c4ccccc4c(-c4cccc(-c5ccc6ccccc6c5)c4)c4ccccc34)cc2)=C1. The molecule has 2 unspecified atom stereocenters. The first-order valence-corrected chi connectivity index (χ1v) is 17.1. The van der Waals surface area contributed by atoms with Gasteiger partial charge in [0.1, 0.15) is 11.9 Å². The molecule has 1 heteroatoms. The maximum atomic E-state index is 6.50. The smallest absolute Gasteiger partial charge is 0.135 e. The van der Waals surface area contributed by atoms with Gasteiger partial charge in [-0.3, -0.25) is 0 Å². The summed E-state index contributed by atoms with van der Waals surface area (Å²) >= 11 is 0. The van der Waals surface area contributed by atoms with Gasteiger partial charge in [0.05, 0.1) is 0 Å². The van der Waals surface area contributed by atoms with Gasteiger partial charge in [0.25, 0.3) is 0 Å². The van der Waals surface area contributed by atoms with Crippen molar-refractivity contribution in [2.75, 3.05) is 0 Å². The van der Waals surface area contributed by atoms with Gasteiger partial charge >= 0.3 is 0 Å². The highest BCUT2D eigenvalue weighted by Crippen LogP contribution is 2.47. The van der Waals surface area contributed by atoms with Gasteiger partial charge in [0.2, 0.25) is 0 Å². The molecule has 0 spiro atoms. The quantitative estimate of drug-likeness (QED) is 0.177. The van der Waals surface area contributed by atoms with E-state index in [1.54, 1.807) is 0 Å². The second-order valence-electron chi connectivity index (χ2n) is 13.2. The van der Waals surface area contributed by atoms with E-state index >= 15 is 0 Å². The maximum Gasteiger partial charge on any atom is 0.135 e.